The molecule has 1 aromatic rings. The number of hydrogen-bond acceptors (Lipinski definition) is 2. The molecule has 1 aromatic heterocycles. The van der Waals surface area contributed by atoms with Crippen LogP contribution in [0.15, 0.2) is 10.7 Å². The van der Waals surface area contributed by atoms with E-state index < -0.39 is 5.82 Å². The van der Waals surface area contributed by atoms with E-state index in [0.717, 1.165) is 6.20 Å². The summed E-state index contributed by atoms with van der Waals surface area (Å²) in [6, 6.07) is 0. The third kappa shape index (κ3) is 0.381. The standard InChI is InChI=1S/C3HFNO/c4-3-1-5-6-2-3/h1H. The minimum Gasteiger partial charge on any atom is -0.349 e. The Bertz CT molecular complexity index is 114. The van der Waals surface area contributed by atoms with Crippen molar-refractivity contribution in [2.45, 2.75) is 0 Å². The maximum absolute atomic E-state index is 11.5. The van der Waals surface area contributed by atoms with Gasteiger partial charge in [0.15, 0.2) is 5.82 Å². The minimum absolute atomic E-state index is 0.560. The van der Waals surface area contributed by atoms with Crippen LogP contribution in [0.5, 0.6) is 0 Å². The van der Waals surface area contributed by atoms with Gasteiger partial charge in [-0.15, -0.1) is 0 Å². The van der Waals surface area contributed by atoms with Crippen molar-refractivity contribution in [3.8, 4) is 0 Å². The molecule has 0 aliphatic rings. The Morgan fingerprint density at radius 3 is 3.00 bits per heavy atom. The van der Waals surface area contributed by atoms with Gasteiger partial charge in [-0.3, -0.25) is 0 Å². The van der Waals surface area contributed by atoms with Crippen molar-refractivity contribution in [2.75, 3.05) is 0 Å². The molecule has 31 valence electrons. The highest BCUT2D eigenvalue weighted by molar-refractivity contribution is 4.73. The second kappa shape index (κ2) is 1.08. The summed E-state index contributed by atoms with van der Waals surface area (Å²) < 4.78 is 15.4. The summed E-state index contributed by atoms with van der Waals surface area (Å²) in [5.74, 6) is -0.560. The Balaban J connectivity index is 3.05. The highest BCUT2D eigenvalue weighted by Gasteiger charge is 1.85. The van der Waals surface area contributed by atoms with Crippen LogP contribution in [-0.2, 0) is 0 Å². The second-order valence-corrected chi connectivity index (χ2v) is 0.776. The van der Waals surface area contributed by atoms with Crippen LogP contribution in [0.3, 0.4) is 0 Å². The van der Waals surface area contributed by atoms with E-state index >= 15 is 0 Å². The minimum atomic E-state index is -0.560. The van der Waals surface area contributed by atoms with Gasteiger partial charge in [0, 0.05) is 0 Å². The van der Waals surface area contributed by atoms with Gasteiger partial charge in [-0.25, -0.2) is 4.39 Å². The zero-order valence-corrected chi connectivity index (χ0v) is 2.81. The summed E-state index contributed by atoms with van der Waals surface area (Å²) in [5.41, 5.74) is 0. The van der Waals surface area contributed by atoms with Crippen LogP contribution in [-0.4, -0.2) is 5.16 Å². The van der Waals surface area contributed by atoms with E-state index in [4.69, 9.17) is 0 Å². The molecule has 0 saturated carbocycles. The maximum atomic E-state index is 11.5. The first-order valence-electron chi connectivity index (χ1n) is 1.37. The first-order valence-corrected chi connectivity index (χ1v) is 1.37. The van der Waals surface area contributed by atoms with Gasteiger partial charge in [0.2, 0.25) is 6.26 Å². The summed E-state index contributed by atoms with van der Waals surface area (Å²) in [7, 11) is 0. The normalized spacial score (nSPS) is 8.83. The summed E-state index contributed by atoms with van der Waals surface area (Å²) in [5, 5.41) is 3.02. The average Bonchev–Trinajstić information content (AvgIpc) is 1.86. The van der Waals surface area contributed by atoms with Crippen LogP contribution in [0.1, 0.15) is 0 Å². The van der Waals surface area contributed by atoms with E-state index in [1.807, 2.05) is 6.26 Å². The van der Waals surface area contributed by atoms with Gasteiger partial charge in [0.05, 0.1) is 0 Å². The molecular weight excluding hydrogens is 85.0 g/mol. The molecule has 1 rings (SSSR count). The maximum Gasteiger partial charge on any atom is 0.243 e. The monoisotopic (exact) mass is 86.0 g/mol. The van der Waals surface area contributed by atoms with Crippen molar-refractivity contribution < 1.29 is 8.91 Å². The van der Waals surface area contributed by atoms with Gasteiger partial charge in [-0.2, -0.15) is 0 Å². The number of rotatable bonds is 0. The van der Waals surface area contributed by atoms with Crippen LogP contribution in [0.4, 0.5) is 4.39 Å². The molecule has 0 saturated heterocycles. The summed E-state index contributed by atoms with van der Waals surface area (Å²) in [6.07, 6.45) is 2.79. The van der Waals surface area contributed by atoms with E-state index in [-0.39, 0.29) is 0 Å². The van der Waals surface area contributed by atoms with Gasteiger partial charge in [-0.05, 0) is 0 Å². The average molecular weight is 86.0 g/mol. The van der Waals surface area contributed by atoms with Gasteiger partial charge in [0.1, 0.15) is 6.20 Å². The van der Waals surface area contributed by atoms with Gasteiger partial charge >= 0.3 is 0 Å². The molecule has 1 heterocycles. The lowest BCUT2D eigenvalue weighted by Gasteiger charge is -1.53. The number of halogens is 1. The predicted molar refractivity (Wildman–Crippen MR) is 15.3 cm³/mol. The van der Waals surface area contributed by atoms with Gasteiger partial charge in [-0.1, -0.05) is 5.16 Å². The van der Waals surface area contributed by atoms with Crippen LogP contribution < -0.4 is 0 Å². The molecule has 0 aliphatic carbocycles. The van der Waals surface area contributed by atoms with Crippen LogP contribution in [0.25, 0.3) is 0 Å². The smallest absolute Gasteiger partial charge is 0.243 e. The SMILES string of the molecule is Fc1[c]onc1. The number of hydrogen-bond donors (Lipinski definition) is 0. The molecule has 0 aliphatic heterocycles. The quantitative estimate of drug-likeness (QED) is 0.462. The lowest BCUT2D eigenvalue weighted by Crippen LogP contribution is -1.52. The Morgan fingerprint density at radius 1 is 2.00 bits per heavy atom. The van der Waals surface area contributed by atoms with E-state index in [2.05, 4.69) is 9.68 Å². The lowest BCUT2D eigenvalue weighted by molar-refractivity contribution is 0.406. The first kappa shape index (κ1) is 3.33. The highest BCUT2D eigenvalue weighted by atomic mass is 19.1. The highest BCUT2D eigenvalue weighted by Crippen LogP contribution is 1.86. The second-order valence-electron chi connectivity index (χ2n) is 0.776. The summed E-state index contributed by atoms with van der Waals surface area (Å²) in [4.78, 5) is 0. The summed E-state index contributed by atoms with van der Waals surface area (Å²) in [6.45, 7) is 0. The fourth-order valence-corrected chi connectivity index (χ4v) is 0.169. The molecule has 0 amide bonds. The fourth-order valence-electron chi connectivity index (χ4n) is 0.169. The van der Waals surface area contributed by atoms with Crippen molar-refractivity contribution in [3.05, 3.63) is 18.3 Å². The molecule has 1 radical (unpaired) electrons. The van der Waals surface area contributed by atoms with Crippen LogP contribution in [0, 0.1) is 12.1 Å². The van der Waals surface area contributed by atoms with Crippen LogP contribution >= 0.6 is 0 Å². The van der Waals surface area contributed by atoms with E-state index in [1.54, 1.807) is 0 Å². The Morgan fingerprint density at radius 2 is 2.83 bits per heavy atom. The zero-order chi connectivity index (χ0) is 4.41. The van der Waals surface area contributed by atoms with E-state index in [9.17, 15) is 4.39 Å². The third-order valence-corrected chi connectivity index (χ3v) is 0.362. The van der Waals surface area contributed by atoms with E-state index in [0.29, 0.717) is 0 Å². The lowest BCUT2D eigenvalue weighted by atomic mass is 10.7. The van der Waals surface area contributed by atoms with Crippen LogP contribution in [0.2, 0.25) is 0 Å². The van der Waals surface area contributed by atoms with Crippen molar-refractivity contribution in [1.82, 2.24) is 5.16 Å². The molecule has 3 heteroatoms. The summed E-state index contributed by atoms with van der Waals surface area (Å²) >= 11 is 0. The third-order valence-electron chi connectivity index (χ3n) is 0.362. The predicted octanol–water partition coefficient (Wildman–Crippen LogP) is 0.614. The number of nitrogens with zero attached hydrogens (tertiary/aromatic N) is 1. The molecule has 0 fully saturated rings. The molecule has 0 bridgehead atoms. The van der Waals surface area contributed by atoms with Gasteiger partial charge < -0.3 is 4.52 Å². The Labute approximate surface area is 33.6 Å². The van der Waals surface area contributed by atoms with E-state index in [1.165, 1.54) is 0 Å². The first-order chi connectivity index (χ1) is 2.89. The topological polar surface area (TPSA) is 26.0 Å². The molecule has 2 nitrogen and oxygen atoms in total. The Hall–Kier alpha value is -0.860. The van der Waals surface area contributed by atoms with Crippen molar-refractivity contribution >= 4 is 0 Å². The molecule has 0 spiro atoms. The molecular formula is C3HFNO. The zero-order valence-electron chi connectivity index (χ0n) is 2.81. The van der Waals surface area contributed by atoms with Crippen molar-refractivity contribution in [2.24, 2.45) is 0 Å². The van der Waals surface area contributed by atoms with Crippen molar-refractivity contribution in [3.63, 3.8) is 0 Å². The molecule has 0 aromatic carbocycles. The molecule has 6 heavy (non-hydrogen) atoms. The number of aromatic nitrogens is 1. The van der Waals surface area contributed by atoms with Crippen molar-refractivity contribution in [1.29, 1.82) is 0 Å². The molecule has 0 atom stereocenters. The molecule has 0 N–H and O–H groups in total. The fraction of sp³-hybridized carbons (Fsp3) is 0. The Kier molecular flexibility index (Phi) is 0.602. The molecule has 0 unspecified atom stereocenters. The van der Waals surface area contributed by atoms with Gasteiger partial charge in [0.25, 0.3) is 0 Å². The largest absolute Gasteiger partial charge is 0.349 e.